The number of rotatable bonds is 5. The Morgan fingerprint density at radius 3 is 2.33 bits per heavy atom. The van der Waals surface area contributed by atoms with Crippen molar-refractivity contribution in [2.24, 2.45) is 0 Å². The molecule has 0 unspecified atom stereocenters. The maximum absolute atomic E-state index is 13.5. The highest BCUT2D eigenvalue weighted by molar-refractivity contribution is 5.78. The number of piperazine rings is 2. The normalized spacial score (nSPS) is 20.7. The second kappa shape index (κ2) is 9.73. The number of halogens is 1. The van der Waals surface area contributed by atoms with Crippen LogP contribution in [0, 0.1) is 12.7 Å². The van der Waals surface area contributed by atoms with Crippen LogP contribution in [0.3, 0.4) is 0 Å². The van der Waals surface area contributed by atoms with E-state index in [-0.39, 0.29) is 11.7 Å². The number of amides is 1. The number of hydrogen-bond donors (Lipinski definition) is 0. The Kier molecular flexibility index (Phi) is 6.55. The molecule has 2 saturated heterocycles. The predicted octanol–water partition coefficient (Wildman–Crippen LogP) is 2.41. The van der Waals surface area contributed by atoms with Gasteiger partial charge in [0.2, 0.25) is 5.91 Å². The molecule has 7 nitrogen and oxygen atoms in total. The molecule has 0 atom stereocenters. The number of benzene rings is 1. The second-order valence-corrected chi connectivity index (χ2v) is 9.51. The third-order valence-electron chi connectivity index (χ3n) is 7.42. The van der Waals surface area contributed by atoms with Gasteiger partial charge >= 0.3 is 0 Å². The number of carbonyl (C=O) groups is 1. The standard InChI is InChI=1S/C25H33FN6O/c1-19-17-20(5-6-22(19)26)23-7-8-24(28-27-23)31-11-9-29(10-12-31)18-25(33)32-15-13-30(14-16-32)21-3-2-4-21/h5-8,17,21H,2-4,9-16,18H2,1H3. The number of aromatic nitrogens is 2. The van der Waals surface area contributed by atoms with Crippen LogP contribution in [-0.4, -0.2) is 95.7 Å². The van der Waals surface area contributed by atoms with Crippen molar-refractivity contribution in [1.82, 2.24) is 24.9 Å². The molecule has 1 aromatic carbocycles. The van der Waals surface area contributed by atoms with Gasteiger partial charge in [-0.05, 0) is 55.7 Å². The lowest BCUT2D eigenvalue weighted by Crippen LogP contribution is -2.56. The summed E-state index contributed by atoms with van der Waals surface area (Å²) >= 11 is 0. The maximum Gasteiger partial charge on any atom is 0.236 e. The number of anilines is 1. The molecule has 0 bridgehead atoms. The van der Waals surface area contributed by atoms with Gasteiger partial charge in [0, 0.05) is 64.0 Å². The summed E-state index contributed by atoms with van der Waals surface area (Å²) in [5, 5.41) is 8.77. The average molecular weight is 453 g/mol. The van der Waals surface area contributed by atoms with Crippen molar-refractivity contribution < 1.29 is 9.18 Å². The molecule has 1 aromatic heterocycles. The Morgan fingerprint density at radius 2 is 1.73 bits per heavy atom. The molecule has 0 N–H and O–H groups in total. The van der Waals surface area contributed by atoms with Gasteiger partial charge in [0.05, 0.1) is 12.2 Å². The largest absolute Gasteiger partial charge is 0.353 e. The summed E-state index contributed by atoms with van der Waals surface area (Å²) in [5.41, 5.74) is 2.21. The molecule has 1 amide bonds. The van der Waals surface area contributed by atoms with Gasteiger partial charge < -0.3 is 9.80 Å². The average Bonchev–Trinajstić information content (AvgIpc) is 2.81. The molecule has 1 aliphatic carbocycles. The van der Waals surface area contributed by atoms with Crippen LogP contribution in [0.15, 0.2) is 30.3 Å². The fourth-order valence-corrected chi connectivity index (χ4v) is 4.97. The van der Waals surface area contributed by atoms with Crippen molar-refractivity contribution in [1.29, 1.82) is 0 Å². The third kappa shape index (κ3) is 5.01. The Morgan fingerprint density at radius 1 is 0.970 bits per heavy atom. The summed E-state index contributed by atoms with van der Waals surface area (Å²) in [4.78, 5) is 21.9. The van der Waals surface area contributed by atoms with Gasteiger partial charge in [-0.1, -0.05) is 6.42 Å². The van der Waals surface area contributed by atoms with Gasteiger partial charge in [-0.25, -0.2) is 4.39 Å². The van der Waals surface area contributed by atoms with Crippen LogP contribution in [0.25, 0.3) is 11.3 Å². The molecule has 3 heterocycles. The lowest BCUT2D eigenvalue weighted by molar-refractivity contribution is -0.134. The number of carbonyl (C=O) groups excluding carboxylic acids is 1. The lowest BCUT2D eigenvalue weighted by Gasteiger charge is -2.43. The first-order chi connectivity index (χ1) is 16.1. The smallest absolute Gasteiger partial charge is 0.236 e. The predicted molar refractivity (Wildman–Crippen MR) is 127 cm³/mol. The van der Waals surface area contributed by atoms with E-state index in [9.17, 15) is 9.18 Å². The molecule has 5 rings (SSSR count). The quantitative estimate of drug-likeness (QED) is 0.695. The molecule has 3 fully saturated rings. The van der Waals surface area contributed by atoms with Gasteiger partial charge in [-0.15, -0.1) is 10.2 Å². The van der Waals surface area contributed by atoms with Gasteiger partial charge in [0.1, 0.15) is 5.82 Å². The van der Waals surface area contributed by atoms with Crippen molar-refractivity contribution in [3.05, 3.63) is 41.7 Å². The summed E-state index contributed by atoms with van der Waals surface area (Å²) in [6.45, 7) is 9.37. The van der Waals surface area contributed by atoms with E-state index in [0.29, 0.717) is 12.1 Å². The van der Waals surface area contributed by atoms with Gasteiger partial charge in [0.15, 0.2) is 5.82 Å². The lowest BCUT2D eigenvalue weighted by atomic mass is 9.91. The molecule has 3 aliphatic rings. The third-order valence-corrected chi connectivity index (χ3v) is 7.42. The van der Waals surface area contributed by atoms with Crippen molar-refractivity contribution in [3.63, 3.8) is 0 Å². The monoisotopic (exact) mass is 452 g/mol. The van der Waals surface area contributed by atoms with E-state index in [2.05, 4.69) is 24.9 Å². The summed E-state index contributed by atoms with van der Waals surface area (Å²) in [5.74, 6) is 0.890. The van der Waals surface area contributed by atoms with Crippen LogP contribution in [-0.2, 0) is 4.79 Å². The fourth-order valence-electron chi connectivity index (χ4n) is 4.97. The molecular weight excluding hydrogens is 419 g/mol. The number of aryl methyl sites for hydroxylation is 1. The first-order valence-electron chi connectivity index (χ1n) is 12.2. The first kappa shape index (κ1) is 22.2. The first-order valence-corrected chi connectivity index (χ1v) is 12.2. The Labute approximate surface area is 195 Å². The van der Waals surface area contributed by atoms with E-state index < -0.39 is 0 Å². The highest BCUT2D eigenvalue weighted by Gasteiger charge is 2.30. The van der Waals surface area contributed by atoms with E-state index in [1.54, 1.807) is 19.1 Å². The van der Waals surface area contributed by atoms with Crippen LogP contribution < -0.4 is 4.90 Å². The molecule has 176 valence electrons. The van der Waals surface area contributed by atoms with Crippen LogP contribution in [0.5, 0.6) is 0 Å². The van der Waals surface area contributed by atoms with Crippen molar-refractivity contribution in [2.45, 2.75) is 32.2 Å². The minimum atomic E-state index is -0.212. The topological polar surface area (TPSA) is 55.8 Å². The Balaban J connectivity index is 1.09. The Hall–Kier alpha value is -2.58. The highest BCUT2D eigenvalue weighted by Crippen LogP contribution is 2.25. The van der Waals surface area contributed by atoms with Crippen LogP contribution in [0.2, 0.25) is 0 Å². The second-order valence-electron chi connectivity index (χ2n) is 9.51. The van der Waals surface area contributed by atoms with Gasteiger partial charge in [-0.3, -0.25) is 14.6 Å². The van der Waals surface area contributed by atoms with Gasteiger partial charge in [0.25, 0.3) is 0 Å². The summed E-state index contributed by atoms with van der Waals surface area (Å²) < 4.78 is 13.5. The zero-order valence-corrected chi connectivity index (χ0v) is 19.4. The number of hydrogen-bond acceptors (Lipinski definition) is 6. The van der Waals surface area contributed by atoms with E-state index >= 15 is 0 Å². The molecule has 33 heavy (non-hydrogen) atoms. The van der Waals surface area contributed by atoms with E-state index in [0.717, 1.165) is 75.5 Å². The Bertz CT molecular complexity index is 963. The minimum absolute atomic E-state index is 0.212. The molecule has 0 radical (unpaired) electrons. The fraction of sp³-hybridized carbons (Fsp3) is 0.560. The van der Waals surface area contributed by atoms with E-state index in [1.807, 2.05) is 17.0 Å². The van der Waals surface area contributed by atoms with Crippen molar-refractivity contribution in [3.8, 4) is 11.3 Å². The SMILES string of the molecule is Cc1cc(-c2ccc(N3CCN(CC(=O)N4CCN(C5CCC5)CC4)CC3)nn2)ccc1F. The minimum Gasteiger partial charge on any atom is -0.353 e. The molecule has 8 heteroatoms. The zero-order chi connectivity index (χ0) is 22.8. The summed E-state index contributed by atoms with van der Waals surface area (Å²) in [6, 6.07) is 9.68. The molecule has 1 saturated carbocycles. The van der Waals surface area contributed by atoms with Crippen molar-refractivity contribution in [2.75, 3.05) is 63.8 Å². The van der Waals surface area contributed by atoms with Crippen LogP contribution in [0.4, 0.5) is 10.2 Å². The van der Waals surface area contributed by atoms with Crippen LogP contribution >= 0.6 is 0 Å². The van der Waals surface area contributed by atoms with Crippen LogP contribution in [0.1, 0.15) is 24.8 Å². The molecule has 0 spiro atoms. The zero-order valence-electron chi connectivity index (χ0n) is 19.4. The van der Waals surface area contributed by atoms with Crippen molar-refractivity contribution >= 4 is 11.7 Å². The summed E-state index contributed by atoms with van der Waals surface area (Å²) in [7, 11) is 0. The molecule has 2 aromatic rings. The maximum atomic E-state index is 13.5. The molecular formula is C25H33FN6O. The highest BCUT2D eigenvalue weighted by atomic mass is 19.1. The number of nitrogens with zero attached hydrogens (tertiary/aromatic N) is 6. The van der Waals surface area contributed by atoms with E-state index in [4.69, 9.17) is 0 Å². The molecule has 2 aliphatic heterocycles. The van der Waals surface area contributed by atoms with Gasteiger partial charge in [-0.2, -0.15) is 0 Å². The van der Waals surface area contributed by atoms with E-state index in [1.165, 1.54) is 25.3 Å². The summed E-state index contributed by atoms with van der Waals surface area (Å²) in [6.07, 6.45) is 4.02.